The van der Waals surface area contributed by atoms with Crippen molar-refractivity contribution in [1.82, 2.24) is 16.0 Å². The first-order valence-electron chi connectivity index (χ1n) is 11.1. The first kappa shape index (κ1) is 29.8. The summed E-state index contributed by atoms with van der Waals surface area (Å²) in [6, 6.07) is 3.73. The molecule has 0 aliphatic rings. The lowest BCUT2D eigenvalue weighted by Gasteiger charge is -2.23. The number of carbonyl (C=O) groups excluding carboxylic acids is 3. The summed E-state index contributed by atoms with van der Waals surface area (Å²) in [5.74, 6) is -5.07. The number of aliphatic imine (C=N–C) groups is 1. The van der Waals surface area contributed by atoms with Crippen molar-refractivity contribution in [2.45, 2.75) is 56.8 Å². The second kappa shape index (κ2) is 14.9. The summed E-state index contributed by atoms with van der Waals surface area (Å²) in [6.45, 7) is 1.50. The van der Waals surface area contributed by atoms with Gasteiger partial charge in [-0.1, -0.05) is 30.3 Å². The maximum Gasteiger partial charge on any atom is 0.326 e. The minimum absolute atomic E-state index is 0.0352. The van der Waals surface area contributed by atoms with Gasteiger partial charge in [0.2, 0.25) is 17.7 Å². The molecular weight excluding hydrogens is 474 g/mol. The predicted molar refractivity (Wildman–Crippen MR) is 129 cm³/mol. The highest BCUT2D eigenvalue weighted by molar-refractivity contribution is 5.94. The van der Waals surface area contributed by atoms with E-state index >= 15 is 0 Å². The van der Waals surface area contributed by atoms with Crippen molar-refractivity contribution >= 4 is 35.6 Å². The average molecular weight is 508 g/mol. The smallest absolute Gasteiger partial charge is 0.326 e. The van der Waals surface area contributed by atoms with Gasteiger partial charge >= 0.3 is 11.9 Å². The van der Waals surface area contributed by atoms with Crippen LogP contribution in [-0.4, -0.2) is 76.5 Å². The number of nitrogens with one attached hydrogen (secondary N) is 3. The topological polar surface area (TPSA) is 252 Å². The van der Waals surface area contributed by atoms with Crippen molar-refractivity contribution in [3.05, 3.63) is 35.9 Å². The van der Waals surface area contributed by atoms with Crippen molar-refractivity contribution in [2.75, 3.05) is 6.54 Å². The number of aliphatic carboxylic acids is 2. The molecule has 11 N–H and O–H groups in total. The van der Waals surface area contributed by atoms with E-state index in [-0.39, 0.29) is 31.8 Å². The molecule has 0 saturated carbocycles. The Kier molecular flexibility index (Phi) is 12.4. The third-order valence-corrected chi connectivity index (χ3v) is 4.96. The summed E-state index contributed by atoms with van der Waals surface area (Å²) in [7, 11) is 0. The summed E-state index contributed by atoms with van der Waals surface area (Å²) >= 11 is 0. The molecule has 0 fully saturated rings. The van der Waals surface area contributed by atoms with Crippen LogP contribution in [0.15, 0.2) is 35.3 Å². The van der Waals surface area contributed by atoms with Gasteiger partial charge in [-0.15, -0.1) is 0 Å². The van der Waals surface area contributed by atoms with Gasteiger partial charge in [-0.3, -0.25) is 24.2 Å². The van der Waals surface area contributed by atoms with Crippen molar-refractivity contribution in [1.29, 1.82) is 0 Å². The average Bonchev–Trinajstić information content (AvgIpc) is 2.80. The van der Waals surface area contributed by atoms with Crippen LogP contribution in [-0.2, 0) is 30.4 Å². The molecule has 1 rings (SSSR count). The quantitative estimate of drug-likeness (QED) is 0.0712. The Hall–Kier alpha value is -4.20. The Balaban J connectivity index is 2.83. The Bertz CT molecular complexity index is 951. The molecule has 198 valence electrons. The zero-order chi connectivity index (χ0) is 27.3. The van der Waals surface area contributed by atoms with Crippen LogP contribution >= 0.6 is 0 Å². The van der Waals surface area contributed by atoms with Crippen LogP contribution in [0.3, 0.4) is 0 Å². The van der Waals surface area contributed by atoms with Gasteiger partial charge in [0.15, 0.2) is 5.96 Å². The number of carboxylic acid groups (broad SMARTS) is 2. The molecule has 36 heavy (non-hydrogen) atoms. The summed E-state index contributed by atoms with van der Waals surface area (Å²) < 4.78 is 0. The molecule has 0 heterocycles. The van der Waals surface area contributed by atoms with Crippen molar-refractivity contribution in [2.24, 2.45) is 22.2 Å². The maximum absolute atomic E-state index is 12.8. The standard InChI is InChI=1S/C22H33N7O7/c1-12(18(32)29-16(21(35)36)10-13-6-3-2-4-7-13)27-20(34)15(8-5-9-26-22(24)25)28-19(33)14(23)11-17(30)31/h2-4,6-7,12,14-16H,5,8-11,23H2,1H3,(H,27,34)(H,28,33)(H,29,32)(H,30,31)(H,35,36)(H4,24,25,26). The van der Waals surface area contributed by atoms with Crippen molar-refractivity contribution in [3.8, 4) is 0 Å². The molecule has 0 aliphatic heterocycles. The number of carboxylic acids is 2. The summed E-state index contributed by atoms with van der Waals surface area (Å²) in [5, 5.41) is 25.5. The largest absolute Gasteiger partial charge is 0.481 e. The number of guanidine groups is 1. The molecule has 14 nitrogen and oxygen atoms in total. The number of carbonyl (C=O) groups is 5. The molecule has 0 aromatic heterocycles. The SMILES string of the molecule is CC(NC(=O)C(CCCN=C(N)N)NC(=O)C(N)CC(=O)O)C(=O)NC(Cc1ccccc1)C(=O)O. The van der Waals surface area contributed by atoms with E-state index in [0.29, 0.717) is 5.56 Å². The Morgan fingerprint density at radius 2 is 1.53 bits per heavy atom. The first-order valence-corrected chi connectivity index (χ1v) is 11.1. The highest BCUT2D eigenvalue weighted by Crippen LogP contribution is 2.05. The lowest BCUT2D eigenvalue weighted by molar-refractivity contribution is -0.142. The van der Waals surface area contributed by atoms with Gasteiger partial charge in [0.25, 0.3) is 0 Å². The fourth-order valence-corrected chi connectivity index (χ4v) is 3.06. The van der Waals surface area contributed by atoms with Gasteiger partial charge in [0, 0.05) is 13.0 Å². The van der Waals surface area contributed by atoms with Crippen molar-refractivity contribution < 1.29 is 34.2 Å². The molecular formula is C22H33N7O7. The first-order chi connectivity index (χ1) is 16.9. The fraction of sp³-hybridized carbons (Fsp3) is 0.455. The van der Waals surface area contributed by atoms with E-state index in [0.717, 1.165) is 0 Å². The molecule has 3 amide bonds. The van der Waals surface area contributed by atoms with Gasteiger partial charge in [0.1, 0.15) is 18.1 Å². The maximum atomic E-state index is 12.8. The molecule has 4 unspecified atom stereocenters. The van der Waals surface area contributed by atoms with Crippen LogP contribution in [0.2, 0.25) is 0 Å². The molecule has 1 aromatic carbocycles. The van der Waals surface area contributed by atoms with Gasteiger partial charge < -0.3 is 43.4 Å². The van der Waals surface area contributed by atoms with Crippen LogP contribution in [0.25, 0.3) is 0 Å². The van der Waals surface area contributed by atoms with Crippen LogP contribution in [0.1, 0.15) is 31.7 Å². The second-order valence-electron chi connectivity index (χ2n) is 8.03. The fourth-order valence-electron chi connectivity index (χ4n) is 3.06. The Morgan fingerprint density at radius 1 is 0.917 bits per heavy atom. The molecule has 14 heteroatoms. The molecule has 4 atom stereocenters. The third-order valence-electron chi connectivity index (χ3n) is 4.96. The number of nitrogens with zero attached hydrogens (tertiary/aromatic N) is 1. The number of nitrogens with two attached hydrogens (primary N) is 3. The summed E-state index contributed by atoms with van der Waals surface area (Å²) in [5.41, 5.74) is 16.8. The van der Waals surface area contributed by atoms with E-state index in [1.165, 1.54) is 6.92 Å². The van der Waals surface area contributed by atoms with Gasteiger partial charge in [-0.2, -0.15) is 0 Å². The number of hydrogen-bond donors (Lipinski definition) is 8. The highest BCUT2D eigenvalue weighted by Gasteiger charge is 2.28. The van der Waals surface area contributed by atoms with Crippen LogP contribution in [0, 0.1) is 0 Å². The Labute approximate surface area is 207 Å². The van der Waals surface area contributed by atoms with Gasteiger partial charge in [-0.25, -0.2) is 4.79 Å². The third kappa shape index (κ3) is 11.3. The van der Waals surface area contributed by atoms with Gasteiger partial charge in [0.05, 0.1) is 12.5 Å². The minimum Gasteiger partial charge on any atom is -0.481 e. The minimum atomic E-state index is -1.40. The van der Waals surface area contributed by atoms with Crippen LogP contribution in [0.4, 0.5) is 0 Å². The summed E-state index contributed by atoms with van der Waals surface area (Å²) in [4.78, 5) is 63.9. The molecule has 0 radical (unpaired) electrons. The molecule has 0 spiro atoms. The van der Waals surface area contributed by atoms with E-state index in [2.05, 4.69) is 20.9 Å². The van der Waals surface area contributed by atoms with Crippen LogP contribution in [0.5, 0.6) is 0 Å². The van der Waals surface area contributed by atoms with E-state index in [1.807, 2.05) is 0 Å². The monoisotopic (exact) mass is 507 g/mol. The van der Waals surface area contributed by atoms with Crippen molar-refractivity contribution in [3.63, 3.8) is 0 Å². The van der Waals surface area contributed by atoms with E-state index < -0.39 is 60.2 Å². The van der Waals surface area contributed by atoms with E-state index in [4.69, 9.17) is 22.3 Å². The number of rotatable bonds is 15. The van der Waals surface area contributed by atoms with Crippen LogP contribution < -0.4 is 33.2 Å². The van der Waals surface area contributed by atoms with E-state index in [9.17, 15) is 29.1 Å². The molecule has 0 saturated heterocycles. The highest BCUT2D eigenvalue weighted by atomic mass is 16.4. The predicted octanol–water partition coefficient (Wildman–Crippen LogP) is -2.36. The number of amides is 3. The molecule has 1 aromatic rings. The summed E-state index contributed by atoms with van der Waals surface area (Å²) in [6.07, 6.45) is -0.296. The number of hydrogen-bond acceptors (Lipinski definition) is 7. The number of benzene rings is 1. The second-order valence-corrected chi connectivity index (χ2v) is 8.03. The Morgan fingerprint density at radius 3 is 2.08 bits per heavy atom. The molecule has 0 aliphatic carbocycles. The lowest BCUT2D eigenvalue weighted by atomic mass is 10.1. The lowest BCUT2D eigenvalue weighted by Crippen LogP contribution is -2.56. The van der Waals surface area contributed by atoms with E-state index in [1.54, 1.807) is 30.3 Å². The normalized spacial score (nSPS) is 13.8. The zero-order valence-electron chi connectivity index (χ0n) is 19.8. The molecule has 0 bridgehead atoms. The zero-order valence-corrected chi connectivity index (χ0v) is 19.8. The van der Waals surface area contributed by atoms with Gasteiger partial charge in [-0.05, 0) is 25.3 Å².